The number of carboxylic acid groups (broad SMARTS) is 1. The molecule has 0 spiro atoms. The number of hydrogen-bond acceptors (Lipinski definition) is 5. The first-order valence-corrected chi connectivity index (χ1v) is 9.16. The van der Waals surface area contributed by atoms with Crippen molar-refractivity contribution in [2.75, 3.05) is 19.8 Å². The fourth-order valence-electron chi connectivity index (χ4n) is 2.67. The molecule has 0 radical (unpaired) electrons. The molecular weight excluding hydrogens is 362 g/mol. The van der Waals surface area contributed by atoms with Gasteiger partial charge >= 0.3 is 5.97 Å². The van der Waals surface area contributed by atoms with Gasteiger partial charge < -0.3 is 24.6 Å². The van der Waals surface area contributed by atoms with Gasteiger partial charge in [-0.25, -0.2) is 4.79 Å². The molecule has 0 fully saturated rings. The highest BCUT2D eigenvalue weighted by atomic mass is 16.5. The smallest absolute Gasteiger partial charge is 0.330 e. The standard InChI is InChI=1S/C21H25NO6/c1-4-26-16-12-15(13-17(27-5-2)19(16)28-6-3)20(23)22-18(21(24)25)14-10-8-7-9-11-14/h7-13,18H,4-6H2,1-3H3,(H,22,23)(H,24,25)/t18-/m1/s1. The number of hydrogen-bond donors (Lipinski definition) is 2. The Labute approximate surface area is 164 Å². The predicted octanol–water partition coefficient (Wildman–Crippen LogP) is 3.44. The Kier molecular flexibility index (Phi) is 7.68. The maximum atomic E-state index is 12.8. The van der Waals surface area contributed by atoms with Gasteiger partial charge in [-0.15, -0.1) is 0 Å². The molecule has 2 rings (SSSR count). The molecule has 2 aromatic rings. The quantitative estimate of drug-likeness (QED) is 0.649. The molecule has 0 aliphatic carbocycles. The summed E-state index contributed by atoms with van der Waals surface area (Å²) < 4.78 is 16.8. The van der Waals surface area contributed by atoms with Gasteiger partial charge in [0, 0.05) is 5.56 Å². The number of aliphatic carboxylic acids is 1. The maximum absolute atomic E-state index is 12.8. The van der Waals surface area contributed by atoms with Gasteiger partial charge in [0.25, 0.3) is 5.91 Å². The van der Waals surface area contributed by atoms with Crippen molar-refractivity contribution in [1.29, 1.82) is 0 Å². The first-order valence-electron chi connectivity index (χ1n) is 9.16. The Balaban J connectivity index is 2.39. The van der Waals surface area contributed by atoms with Gasteiger partial charge in [-0.3, -0.25) is 4.79 Å². The van der Waals surface area contributed by atoms with E-state index in [2.05, 4.69) is 5.32 Å². The molecule has 0 bridgehead atoms. The van der Waals surface area contributed by atoms with E-state index in [1.165, 1.54) is 12.1 Å². The second-order valence-electron chi connectivity index (χ2n) is 5.76. The van der Waals surface area contributed by atoms with Gasteiger partial charge in [-0.1, -0.05) is 30.3 Å². The van der Waals surface area contributed by atoms with Crippen LogP contribution in [0.3, 0.4) is 0 Å². The highest BCUT2D eigenvalue weighted by Crippen LogP contribution is 2.39. The molecular formula is C21H25NO6. The van der Waals surface area contributed by atoms with Crippen molar-refractivity contribution in [2.45, 2.75) is 26.8 Å². The van der Waals surface area contributed by atoms with Crippen LogP contribution < -0.4 is 19.5 Å². The van der Waals surface area contributed by atoms with E-state index >= 15 is 0 Å². The summed E-state index contributed by atoms with van der Waals surface area (Å²) in [6.45, 7) is 6.62. The third-order valence-electron chi connectivity index (χ3n) is 3.83. The van der Waals surface area contributed by atoms with Crippen LogP contribution in [0.2, 0.25) is 0 Å². The zero-order valence-corrected chi connectivity index (χ0v) is 16.2. The number of carboxylic acids is 1. The molecule has 0 aliphatic rings. The van der Waals surface area contributed by atoms with Crippen molar-refractivity contribution in [3.8, 4) is 17.2 Å². The van der Waals surface area contributed by atoms with E-state index in [1.54, 1.807) is 30.3 Å². The Morgan fingerprint density at radius 1 is 0.929 bits per heavy atom. The van der Waals surface area contributed by atoms with E-state index in [9.17, 15) is 14.7 Å². The summed E-state index contributed by atoms with van der Waals surface area (Å²) in [5.74, 6) is -0.554. The summed E-state index contributed by atoms with van der Waals surface area (Å²) >= 11 is 0. The van der Waals surface area contributed by atoms with Gasteiger partial charge in [0.05, 0.1) is 19.8 Å². The highest BCUT2D eigenvalue weighted by molar-refractivity contribution is 5.98. The van der Waals surface area contributed by atoms with Crippen molar-refractivity contribution in [2.24, 2.45) is 0 Å². The topological polar surface area (TPSA) is 94.1 Å². The normalized spacial score (nSPS) is 11.4. The minimum Gasteiger partial charge on any atom is -0.490 e. The minimum absolute atomic E-state index is 0.220. The molecule has 0 heterocycles. The summed E-state index contributed by atoms with van der Waals surface area (Å²) in [6, 6.07) is 10.4. The summed E-state index contributed by atoms with van der Waals surface area (Å²) in [7, 11) is 0. The SMILES string of the molecule is CCOc1cc(C(=O)N[C@@H](C(=O)O)c2ccccc2)cc(OCC)c1OCC. The van der Waals surface area contributed by atoms with Crippen LogP contribution in [-0.4, -0.2) is 36.8 Å². The molecule has 1 amide bonds. The van der Waals surface area contributed by atoms with E-state index < -0.39 is 17.9 Å². The second kappa shape index (κ2) is 10.2. The first-order chi connectivity index (χ1) is 13.5. The van der Waals surface area contributed by atoms with Crippen LogP contribution in [0.4, 0.5) is 0 Å². The van der Waals surface area contributed by atoms with Gasteiger partial charge in [0.1, 0.15) is 0 Å². The van der Waals surface area contributed by atoms with Crippen LogP contribution in [-0.2, 0) is 4.79 Å². The lowest BCUT2D eigenvalue weighted by Gasteiger charge is -2.18. The Morgan fingerprint density at radius 3 is 1.93 bits per heavy atom. The molecule has 2 aromatic carbocycles. The number of benzene rings is 2. The molecule has 1 atom stereocenters. The number of amides is 1. The minimum atomic E-state index is -1.17. The van der Waals surface area contributed by atoms with E-state index in [1.807, 2.05) is 20.8 Å². The van der Waals surface area contributed by atoms with Crippen LogP contribution in [0.15, 0.2) is 42.5 Å². The van der Waals surface area contributed by atoms with Gasteiger partial charge in [-0.05, 0) is 38.5 Å². The zero-order valence-electron chi connectivity index (χ0n) is 16.2. The van der Waals surface area contributed by atoms with Crippen LogP contribution >= 0.6 is 0 Å². The predicted molar refractivity (Wildman–Crippen MR) is 104 cm³/mol. The molecule has 150 valence electrons. The monoisotopic (exact) mass is 387 g/mol. The summed E-state index contributed by atoms with van der Waals surface area (Å²) in [4.78, 5) is 24.4. The lowest BCUT2D eigenvalue weighted by Crippen LogP contribution is -2.33. The number of ether oxygens (including phenoxy) is 3. The number of carbonyl (C=O) groups is 2. The molecule has 7 heteroatoms. The molecule has 0 saturated heterocycles. The fraction of sp³-hybridized carbons (Fsp3) is 0.333. The highest BCUT2D eigenvalue weighted by Gasteiger charge is 2.24. The fourth-order valence-corrected chi connectivity index (χ4v) is 2.67. The summed E-state index contributed by atoms with van der Waals surface area (Å²) in [5.41, 5.74) is 0.696. The zero-order chi connectivity index (χ0) is 20.5. The van der Waals surface area contributed by atoms with Gasteiger partial charge in [0.2, 0.25) is 5.75 Å². The van der Waals surface area contributed by atoms with Crippen molar-refractivity contribution in [3.63, 3.8) is 0 Å². The third kappa shape index (κ3) is 5.16. The molecule has 0 saturated carbocycles. The number of nitrogens with one attached hydrogen (secondary N) is 1. The van der Waals surface area contributed by atoms with Crippen molar-refractivity contribution < 1.29 is 28.9 Å². The van der Waals surface area contributed by atoms with E-state index in [-0.39, 0.29) is 5.56 Å². The number of carbonyl (C=O) groups excluding carboxylic acids is 1. The molecule has 0 aliphatic heterocycles. The van der Waals surface area contributed by atoms with Gasteiger partial charge in [-0.2, -0.15) is 0 Å². The Bertz CT molecular complexity index is 779. The number of rotatable bonds is 10. The Hall–Kier alpha value is -3.22. The van der Waals surface area contributed by atoms with E-state index in [0.717, 1.165) is 0 Å². The summed E-state index contributed by atoms with van der Waals surface area (Å²) in [5, 5.41) is 12.1. The maximum Gasteiger partial charge on any atom is 0.330 e. The average Bonchev–Trinajstić information content (AvgIpc) is 2.69. The average molecular weight is 387 g/mol. The Morgan fingerprint density at radius 2 is 1.46 bits per heavy atom. The van der Waals surface area contributed by atoms with Crippen molar-refractivity contribution in [3.05, 3.63) is 53.6 Å². The van der Waals surface area contributed by atoms with Crippen LogP contribution in [0.1, 0.15) is 42.7 Å². The largest absolute Gasteiger partial charge is 0.490 e. The summed E-state index contributed by atoms with van der Waals surface area (Å²) in [6.07, 6.45) is 0. The molecule has 0 unspecified atom stereocenters. The lowest BCUT2D eigenvalue weighted by molar-refractivity contribution is -0.139. The van der Waals surface area contributed by atoms with E-state index in [0.29, 0.717) is 42.6 Å². The molecule has 2 N–H and O–H groups in total. The second-order valence-corrected chi connectivity index (χ2v) is 5.76. The van der Waals surface area contributed by atoms with Crippen LogP contribution in [0, 0.1) is 0 Å². The van der Waals surface area contributed by atoms with Gasteiger partial charge in [0.15, 0.2) is 17.5 Å². The molecule has 28 heavy (non-hydrogen) atoms. The van der Waals surface area contributed by atoms with Crippen molar-refractivity contribution in [1.82, 2.24) is 5.32 Å². The van der Waals surface area contributed by atoms with Crippen molar-refractivity contribution >= 4 is 11.9 Å². The third-order valence-corrected chi connectivity index (χ3v) is 3.83. The first kappa shape index (κ1) is 21.1. The van der Waals surface area contributed by atoms with Crippen LogP contribution in [0.25, 0.3) is 0 Å². The molecule has 0 aromatic heterocycles. The van der Waals surface area contributed by atoms with E-state index in [4.69, 9.17) is 14.2 Å². The molecule has 7 nitrogen and oxygen atoms in total. The lowest BCUT2D eigenvalue weighted by atomic mass is 10.1. The van der Waals surface area contributed by atoms with Crippen LogP contribution in [0.5, 0.6) is 17.2 Å².